The third-order valence-corrected chi connectivity index (χ3v) is 3.79. The lowest BCUT2D eigenvalue weighted by Gasteiger charge is -2.09. The number of carboxylic acid groups (broad SMARTS) is 1. The first kappa shape index (κ1) is 12.4. The van der Waals surface area contributed by atoms with Crippen LogP contribution in [0.1, 0.15) is 11.4 Å². The number of aliphatic carboxylic acids is 1. The van der Waals surface area contributed by atoms with Crippen LogP contribution in [0.3, 0.4) is 0 Å². The SMILES string of the molecule is CNC(CCSc1nnc(C)s1)C(=O)O. The average molecular weight is 247 g/mol. The summed E-state index contributed by atoms with van der Waals surface area (Å²) in [5.74, 6) is -0.0848. The quantitative estimate of drug-likeness (QED) is 0.731. The van der Waals surface area contributed by atoms with Crippen molar-refractivity contribution >= 4 is 29.1 Å². The largest absolute Gasteiger partial charge is 0.480 e. The Hall–Kier alpha value is -0.660. The van der Waals surface area contributed by atoms with Crippen LogP contribution < -0.4 is 5.32 Å². The zero-order valence-corrected chi connectivity index (χ0v) is 10.2. The molecule has 0 spiro atoms. The highest BCUT2D eigenvalue weighted by atomic mass is 32.2. The maximum atomic E-state index is 10.7. The van der Waals surface area contributed by atoms with Crippen LogP contribution >= 0.6 is 23.1 Å². The molecule has 84 valence electrons. The Morgan fingerprint density at radius 2 is 2.40 bits per heavy atom. The van der Waals surface area contributed by atoms with Crippen LogP contribution in [-0.4, -0.2) is 40.1 Å². The van der Waals surface area contributed by atoms with Gasteiger partial charge < -0.3 is 10.4 Å². The molecule has 0 aliphatic rings. The molecule has 1 rings (SSSR count). The molecule has 0 bridgehead atoms. The predicted octanol–water partition coefficient (Wildman–Crippen LogP) is 1.00. The number of thioether (sulfide) groups is 1. The number of likely N-dealkylation sites (N-methyl/N-ethyl adjacent to an activating group) is 1. The third-order valence-electron chi connectivity index (χ3n) is 1.79. The maximum absolute atomic E-state index is 10.7. The van der Waals surface area contributed by atoms with Crippen LogP contribution in [0.25, 0.3) is 0 Å². The summed E-state index contributed by atoms with van der Waals surface area (Å²) in [7, 11) is 1.65. The van der Waals surface area contributed by atoms with E-state index in [1.165, 1.54) is 11.3 Å². The fourth-order valence-electron chi connectivity index (χ4n) is 0.992. The van der Waals surface area contributed by atoms with Crippen molar-refractivity contribution in [3.05, 3.63) is 5.01 Å². The van der Waals surface area contributed by atoms with Crippen molar-refractivity contribution in [3.63, 3.8) is 0 Å². The highest BCUT2D eigenvalue weighted by Gasteiger charge is 2.14. The normalized spacial score (nSPS) is 12.7. The van der Waals surface area contributed by atoms with Crippen LogP contribution in [0.15, 0.2) is 4.34 Å². The van der Waals surface area contributed by atoms with Crippen molar-refractivity contribution in [1.29, 1.82) is 0 Å². The van der Waals surface area contributed by atoms with E-state index in [-0.39, 0.29) is 0 Å². The average Bonchev–Trinajstić information content (AvgIpc) is 2.58. The van der Waals surface area contributed by atoms with Crippen molar-refractivity contribution in [1.82, 2.24) is 15.5 Å². The van der Waals surface area contributed by atoms with E-state index < -0.39 is 12.0 Å². The summed E-state index contributed by atoms with van der Waals surface area (Å²) in [6.07, 6.45) is 0.578. The number of nitrogens with zero attached hydrogens (tertiary/aromatic N) is 2. The smallest absolute Gasteiger partial charge is 0.320 e. The second kappa shape index (κ2) is 6.04. The van der Waals surface area contributed by atoms with Gasteiger partial charge in [0.15, 0.2) is 4.34 Å². The number of aromatic nitrogens is 2. The minimum atomic E-state index is -0.813. The highest BCUT2D eigenvalue weighted by Crippen LogP contribution is 2.22. The molecule has 0 aliphatic heterocycles. The first-order chi connectivity index (χ1) is 7.13. The molecule has 0 aromatic carbocycles. The zero-order chi connectivity index (χ0) is 11.3. The topological polar surface area (TPSA) is 75.1 Å². The molecule has 0 saturated carbocycles. The van der Waals surface area contributed by atoms with Crippen molar-refractivity contribution in [3.8, 4) is 0 Å². The number of rotatable bonds is 6. The van der Waals surface area contributed by atoms with Gasteiger partial charge in [-0.05, 0) is 20.4 Å². The molecule has 0 fully saturated rings. The predicted molar refractivity (Wildman–Crippen MR) is 60.5 cm³/mol. The number of carboxylic acids is 1. The van der Waals surface area contributed by atoms with Gasteiger partial charge in [0.25, 0.3) is 0 Å². The van der Waals surface area contributed by atoms with Gasteiger partial charge in [0.05, 0.1) is 0 Å². The summed E-state index contributed by atoms with van der Waals surface area (Å²) >= 11 is 3.07. The fraction of sp³-hybridized carbons (Fsp3) is 0.625. The standard InChI is InChI=1S/C8H13N3O2S2/c1-5-10-11-8(15-5)14-4-3-6(9-2)7(12)13/h6,9H,3-4H2,1-2H3,(H,12,13). The Morgan fingerprint density at radius 3 is 2.87 bits per heavy atom. The molecule has 0 aliphatic carbocycles. The second-order valence-electron chi connectivity index (χ2n) is 2.90. The van der Waals surface area contributed by atoms with Crippen molar-refractivity contribution in [2.45, 2.75) is 23.7 Å². The van der Waals surface area contributed by atoms with Gasteiger partial charge in [0.2, 0.25) is 0 Å². The summed E-state index contributed by atoms with van der Waals surface area (Å²) in [5.41, 5.74) is 0. The summed E-state index contributed by atoms with van der Waals surface area (Å²) in [5, 5.41) is 20.3. The van der Waals surface area contributed by atoms with E-state index in [0.29, 0.717) is 6.42 Å². The molecule has 7 heteroatoms. The Labute approximate surface area is 96.3 Å². The zero-order valence-electron chi connectivity index (χ0n) is 8.56. The lowest BCUT2D eigenvalue weighted by molar-refractivity contribution is -0.139. The first-order valence-corrected chi connectivity index (χ1v) is 6.26. The van der Waals surface area contributed by atoms with Gasteiger partial charge in [-0.1, -0.05) is 23.1 Å². The monoisotopic (exact) mass is 247 g/mol. The first-order valence-electron chi connectivity index (χ1n) is 4.46. The molecule has 0 radical (unpaired) electrons. The second-order valence-corrected chi connectivity index (χ2v) is 5.43. The summed E-state index contributed by atoms with van der Waals surface area (Å²) < 4.78 is 0.896. The van der Waals surface area contributed by atoms with E-state index in [9.17, 15) is 4.79 Å². The van der Waals surface area contributed by atoms with Gasteiger partial charge in [-0.25, -0.2) is 0 Å². The van der Waals surface area contributed by atoms with Crippen molar-refractivity contribution in [2.24, 2.45) is 0 Å². The minimum Gasteiger partial charge on any atom is -0.480 e. The number of carbonyl (C=O) groups is 1. The summed E-state index contributed by atoms with van der Waals surface area (Å²) in [6.45, 7) is 1.90. The van der Waals surface area contributed by atoms with E-state index in [4.69, 9.17) is 5.11 Å². The molecule has 0 amide bonds. The summed E-state index contributed by atoms with van der Waals surface area (Å²) in [4.78, 5) is 10.7. The molecule has 5 nitrogen and oxygen atoms in total. The highest BCUT2D eigenvalue weighted by molar-refractivity contribution is 8.01. The maximum Gasteiger partial charge on any atom is 0.320 e. The van der Waals surface area contributed by atoms with E-state index in [2.05, 4.69) is 15.5 Å². The van der Waals surface area contributed by atoms with E-state index >= 15 is 0 Å². The molecule has 2 N–H and O–H groups in total. The Bertz CT molecular complexity index is 329. The van der Waals surface area contributed by atoms with Crippen LogP contribution in [0.4, 0.5) is 0 Å². The third kappa shape index (κ3) is 4.15. The molecule has 1 unspecified atom stereocenters. The Morgan fingerprint density at radius 1 is 1.67 bits per heavy atom. The van der Waals surface area contributed by atoms with Crippen molar-refractivity contribution < 1.29 is 9.90 Å². The number of hydrogen-bond donors (Lipinski definition) is 2. The fourth-order valence-corrected chi connectivity index (χ4v) is 2.88. The van der Waals surface area contributed by atoms with Gasteiger partial charge in [-0.2, -0.15) is 0 Å². The van der Waals surface area contributed by atoms with Gasteiger partial charge in [-0.15, -0.1) is 10.2 Å². The van der Waals surface area contributed by atoms with Gasteiger partial charge in [-0.3, -0.25) is 4.79 Å². The lowest BCUT2D eigenvalue weighted by atomic mass is 10.2. The lowest BCUT2D eigenvalue weighted by Crippen LogP contribution is -2.34. The molecule has 1 aromatic heterocycles. The van der Waals surface area contributed by atoms with Crippen LogP contribution in [0, 0.1) is 6.92 Å². The van der Waals surface area contributed by atoms with Crippen LogP contribution in [0.2, 0.25) is 0 Å². The van der Waals surface area contributed by atoms with Crippen molar-refractivity contribution in [2.75, 3.05) is 12.8 Å². The molecule has 1 atom stereocenters. The van der Waals surface area contributed by atoms with Crippen LogP contribution in [0.5, 0.6) is 0 Å². The van der Waals surface area contributed by atoms with E-state index in [0.717, 1.165) is 15.1 Å². The van der Waals surface area contributed by atoms with Gasteiger partial charge >= 0.3 is 5.97 Å². The number of aryl methyl sites for hydroxylation is 1. The number of hydrogen-bond acceptors (Lipinski definition) is 6. The summed E-state index contributed by atoms with van der Waals surface area (Å²) in [6, 6.07) is -0.480. The van der Waals surface area contributed by atoms with Crippen LogP contribution in [-0.2, 0) is 4.79 Å². The minimum absolute atomic E-state index is 0.480. The Kier molecular flexibility index (Phi) is 5.00. The number of nitrogens with one attached hydrogen (secondary N) is 1. The molecule has 15 heavy (non-hydrogen) atoms. The Balaban J connectivity index is 2.29. The molecule has 1 aromatic rings. The molecule has 1 heterocycles. The van der Waals surface area contributed by atoms with E-state index in [1.807, 2.05) is 6.92 Å². The molecular weight excluding hydrogens is 234 g/mol. The van der Waals surface area contributed by atoms with Gasteiger partial charge in [0, 0.05) is 5.75 Å². The van der Waals surface area contributed by atoms with Gasteiger partial charge in [0.1, 0.15) is 11.0 Å². The molecular formula is C8H13N3O2S2. The van der Waals surface area contributed by atoms with E-state index in [1.54, 1.807) is 18.8 Å². The molecule has 0 saturated heterocycles.